The first-order chi connectivity index (χ1) is 13.9. The van der Waals surface area contributed by atoms with Gasteiger partial charge in [-0.1, -0.05) is 32.0 Å². The highest BCUT2D eigenvalue weighted by Gasteiger charge is 2.27. The molecule has 1 amide bonds. The van der Waals surface area contributed by atoms with E-state index in [9.17, 15) is 4.79 Å². The Morgan fingerprint density at radius 3 is 2.79 bits per heavy atom. The first-order valence-corrected chi connectivity index (χ1v) is 10.2. The van der Waals surface area contributed by atoms with Gasteiger partial charge in [-0.3, -0.25) is 9.79 Å². The molecule has 1 saturated heterocycles. The summed E-state index contributed by atoms with van der Waals surface area (Å²) in [6, 6.07) is 10.5. The molecule has 1 aromatic heterocycles. The minimum atomic E-state index is 0.0389. The van der Waals surface area contributed by atoms with Crippen LogP contribution in [0, 0.1) is 5.92 Å². The number of likely N-dealkylation sites (tertiary alicyclic amines) is 1. The minimum absolute atomic E-state index is 0.0389. The summed E-state index contributed by atoms with van der Waals surface area (Å²) in [5.41, 5.74) is 2.15. The number of hydrogen-bond acceptors (Lipinski definition) is 4. The first kappa shape index (κ1) is 20.9. The molecule has 3 rings (SSSR count). The molecule has 2 heterocycles. The van der Waals surface area contributed by atoms with Crippen molar-refractivity contribution in [2.75, 3.05) is 39.1 Å². The van der Waals surface area contributed by atoms with E-state index in [-0.39, 0.29) is 17.9 Å². The van der Waals surface area contributed by atoms with Crippen LogP contribution < -0.4 is 15.5 Å². The van der Waals surface area contributed by atoms with Crippen molar-refractivity contribution in [2.45, 2.75) is 32.9 Å². The number of guanidine groups is 1. The van der Waals surface area contributed by atoms with Gasteiger partial charge < -0.3 is 20.4 Å². The molecule has 0 radical (unpaired) electrons. The van der Waals surface area contributed by atoms with Crippen LogP contribution in [0.3, 0.4) is 0 Å². The van der Waals surface area contributed by atoms with Crippen LogP contribution >= 0.6 is 0 Å². The molecule has 7 heteroatoms. The summed E-state index contributed by atoms with van der Waals surface area (Å²) < 4.78 is 0. The molecule has 0 aliphatic carbocycles. The summed E-state index contributed by atoms with van der Waals surface area (Å²) in [4.78, 5) is 25.3. The highest BCUT2D eigenvalue weighted by molar-refractivity contribution is 5.85. The zero-order valence-corrected chi connectivity index (χ0v) is 18.1. The quantitative estimate of drug-likeness (QED) is 0.599. The molecule has 2 N–H and O–H groups in total. The average Bonchev–Trinajstić information content (AvgIpc) is 3.18. The van der Waals surface area contributed by atoms with E-state index in [2.05, 4.69) is 27.8 Å². The van der Waals surface area contributed by atoms with Gasteiger partial charge in [0.2, 0.25) is 5.91 Å². The number of para-hydroxylation sites is 1. The number of carbonyl (C=O) groups is 1. The maximum atomic E-state index is 12.2. The Hall–Kier alpha value is -2.83. The summed E-state index contributed by atoms with van der Waals surface area (Å²) in [6.45, 7) is 6.06. The molecule has 1 unspecified atom stereocenters. The van der Waals surface area contributed by atoms with Crippen LogP contribution in [0.2, 0.25) is 0 Å². The highest BCUT2D eigenvalue weighted by atomic mass is 16.2. The van der Waals surface area contributed by atoms with Gasteiger partial charge in [-0.05, 0) is 24.1 Å². The third kappa shape index (κ3) is 4.96. The first-order valence-electron chi connectivity index (χ1n) is 10.2. The molecule has 0 bridgehead atoms. The second kappa shape index (κ2) is 9.11. The van der Waals surface area contributed by atoms with E-state index in [1.807, 2.05) is 55.9 Å². The summed E-state index contributed by atoms with van der Waals surface area (Å²) in [6.07, 6.45) is 0.933. The van der Waals surface area contributed by atoms with Crippen LogP contribution in [0.4, 0.5) is 5.82 Å². The van der Waals surface area contributed by atoms with Gasteiger partial charge in [0.25, 0.3) is 0 Å². The van der Waals surface area contributed by atoms with Crippen LogP contribution in [0.1, 0.15) is 25.8 Å². The Bertz CT molecular complexity index is 892. The Balaban J connectivity index is 1.67. The molecular weight excluding hydrogens is 364 g/mol. The second-order valence-corrected chi connectivity index (χ2v) is 8.05. The second-order valence-electron chi connectivity index (χ2n) is 8.05. The topological polar surface area (TPSA) is 72.9 Å². The normalized spacial score (nSPS) is 17.1. The lowest BCUT2D eigenvalue weighted by Crippen LogP contribution is -2.45. The van der Waals surface area contributed by atoms with Gasteiger partial charge in [0, 0.05) is 58.1 Å². The van der Waals surface area contributed by atoms with Gasteiger partial charge in [-0.2, -0.15) is 0 Å². The van der Waals surface area contributed by atoms with Crippen molar-refractivity contribution in [3.63, 3.8) is 0 Å². The number of carbonyl (C=O) groups excluding carboxylic acids is 1. The van der Waals surface area contributed by atoms with E-state index in [4.69, 9.17) is 4.98 Å². The van der Waals surface area contributed by atoms with Gasteiger partial charge in [0.05, 0.1) is 5.52 Å². The fraction of sp³-hybridized carbons (Fsp3) is 0.500. The number of anilines is 1. The summed E-state index contributed by atoms with van der Waals surface area (Å²) in [7, 11) is 5.77. The van der Waals surface area contributed by atoms with Crippen molar-refractivity contribution in [1.82, 2.24) is 20.5 Å². The van der Waals surface area contributed by atoms with Crippen LogP contribution in [0.25, 0.3) is 10.9 Å². The lowest BCUT2D eigenvalue weighted by atomic mass is 10.1. The zero-order valence-electron chi connectivity index (χ0n) is 18.1. The highest BCUT2D eigenvalue weighted by Crippen LogP contribution is 2.22. The number of amides is 1. The smallest absolute Gasteiger partial charge is 0.225 e. The summed E-state index contributed by atoms with van der Waals surface area (Å²) >= 11 is 0. The molecule has 1 aliphatic heterocycles. The predicted molar refractivity (Wildman–Crippen MR) is 119 cm³/mol. The lowest BCUT2D eigenvalue weighted by molar-refractivity contribution is -0.133. The standard InChI is InChI=1S/C22H32N6O/c1-15(2)21(29)28-11-10-17(14-28)25-22(23-3)24-13-16-12-20(27(4)5)26-19-9-7-6-8-18(16)19/h6-9,12,15,17H,10-11,13-14H2,1-5H3,(H2,23,24,25). The molecular formula is C22H32N6O. The minimum Gasteiger partial charge on any atom is -0.363 e. The van der Waals surface area contributed by atoms with E-state index in [0.717, 1.165) is 42.2 Å². The van der Waals surface area contributed by atoms with E-state index in [0.29, 0.717) is 6.54 Å². The van der Waals surface area contributed by atoms with E-state index in [1.54, 1.807) is 7.05 Å². The molecule has 1 aliphatic rings. The van der Waals surface area contributed by atoms with Crippen molar-refractivity contribution in [3.8, 4) is 0 Å². The fourth-order valence-electron chi connectivity index (χ4n) is 3.62. The predicted octanol–water partition coefficient (Wildman–Crippen LogP) is 2.22. The van der Waals surface area contributed by atoms with Gasteiger partial charge in [0.1, 0.15) is 5.82 Å². The summed E-state index contributed by atoms with van der Waals surface area (Å²) in [5.74, 6) is 1.94. The number of aliphatic imine (C=N–C) groups is 1. The van der Waals surface area contributed by atoms with Crippen LogP contribution in [0.15, 0.2) is 35.3 Å². The average molecular weight is 397 g/mol. The number of nitrogens with zero attached hydrogens (tertiary/aromatic N) is 4. The van der Waals surface area contributed by atoms with Gasteiger partial charge in [-0.15, -0.1) is 0 Å². The monoisotopic (exact) mass is 396 g/mol. The molecule has 1 aromatic carbocycles. The van der Waals surface area contributed by atoms with E-state index >= 15 is 0 Å². The molecule has 1 fully saturated rings. The van der Waals surface area contributed by atoms with Gasteiger partial charge in [-0.25, -0.2) is 4.98 Å². The van der Waals surface area contributed by atoms with Gasteiger partial charge in [0.15, 0.2) is 5.96 Å². The molecule has 2 aromatic rings. The molecule has 7 nitrogen and oxygen atoms in total. The SMILES string of the molecule is CN=C(NCc1cc(N(C)C)nc2ccccc12)NC1CCN(C(=O)C(C)C)C1. The lowest BCUT2D eigenvalue weighted by Gasteiger charge is -2.21. The van der Waals surface area contributed by atoms with Crippen molar-refractivity contribution >= 4 is 28.6 Å². The summed E-state index contributed by atoms with van der Waals surface area (Å²) in [5, 5.41) is 8.03. The molecule has 0 spiro atoms. The number of pyridine rings is 1. The number of hydrogen-bond donors (Lipinski definition) is 2. The number of benzene rings is 1. The van der Waals surface area contributed by atoms with Crippen molar-refractivity contribution in [1.29, 1.82) is 0 Å². The Morgan fingerprint density at radius 2 is 2.10 bits per heavy atom. The number of rotatable bonds is 5. The maximum Gasteiger partial charge on any atom is 0.225 e. The van der Waals surface area contributed by atoms with E-state index in [1.165, 1.54) is 5.56 Å². The van der Waals surface area contributed by atoms with Crippen molar-refractivity contribution < 1.29 is 4.79 Å². The van der Waals surface area contributed by atoms with E-state index < -0.39 is 0 Å². The number of aromatic nitrogens is 1. The largest absolute Gasteiger partial charge is 0.363 e. The van der Waals surface area contributed by atoms with Gasteiger partial charge >= 0.3 is 0 Å². The Kier molecular flexibility index (Phi) is 6.56. The maximum absolute atomic E-state index is 12.2. The zero-order chi connectivity index (χ0) is 21.0. The molecule has 1 atom stereocenters. The third-order valence-corrected chi connectivity index (χ3v) is 5.25. The van der Waals surface area contributed by atoms with Crippen molar-refractivity contribution in [3.05, 3.63) is 35.9 Å². The third-order valence-electron chi connectivity index (χ3n) is 5.25. The fourth-order valence-corrected chi connectivity index (χ4v) is 3.62. The Labute approximate surface area is 173 Å². The van der Waals surface area contributed by atoms with Crippen LogP contribution in [0.5, 0.6) is 0 Å². The van der Waals surface area contributed by atoms with Crippen molar-refractivity contribution in [2.24, 2.45) is 10.9 Å². The number of nitrogens with one attached hydrogen (secondary N) is 2. The van der Waals surface area contributed by atoms with Crippen LogP contribution in [-0.2, 0) is 11.3 Å². The molecule has 29 heavy (non-hydrogen) atoms. The van der Waals surface area contributed by atoms with Crippen LogP contribution in [-0.4, -0.2) is 62.0 Å². The molecule has 156 valence electrons. The number of fused-ring (bicyclic) bond motifs is 1. The molecule has 0 saturated carbocycles. The Morgan fingerprint density at radius 1 is 1.34 bits per heavy atom.